The molecular weight excluding hydrogens is 309 g/mol. The molecule has 0 aliphatic rings. The predicted octanol–water partition coefficient (Wildman–Crippen LogP) is 2.69. The molecule has 0 unspecified atom stereocenters. The molecule has 1 aromatic heterocycles. The van der Waals surface area contributed by atoms with E-state index in [4.69, 9.17) is 16.7 Å². The zero-order valence-electron chi connectivity index (χ0n) is 8.69. The Morgan fingerprint density at radius 3 is 2.82 bits per heavy atom. The summed E-state index contributed by atoms with van der Waals surface area (Å²) in [6, 6.07) is 5.23. The van der Waals surface area contributed by atoms with Gasteiger partial charge in [0, 0.05) is 4.47 Å². The van der Waals surface area contributed by atoms with Crippen LogP contribution in [0.3, 0.4) is 0 Å². The van der Waals surface area contributed by atoms with Gasteiger partial charge in [-0.1, -0.05) is 32.7 Å². The van der Waals surface area contributed by atoms with Crippen molar-refractivity contribution in [1.82, 2.24) is 15.0 Å². The van der Waals surface area contributed by atoms with Gasteiger partial charge < -0.3 is 5.11 Å². The number of benzene rings is 1. The number of nitrogens with zero attached hydrogens (tertiary/aromatic N) is 3. The molecule has 0 amide bonds. The first-order valence-corrected chi connectivity index (χ1v) is 5.79. The molecule has 1 heterocycles. The number of hydrogen-bond donors (Lipinski definition) is 1. The van der Waals surface area contributed by atoms with Crippen LogP contribution in [0, 0.1) is 6.92 Å². The Balaban J connectivity index is 2.61. The van der Waals surface area contributed by atoms with Crippen LogP contribution in [-0.4, -0.2) is 26.1 Å². The van der Waals surface area contributed by atoms with E-state index >= 15 is 0 Å². The first kappa shape index (κ1) is 12.1. The maximum Gasteiger partial charge on any atom is 0.358 e. The molecule has 0 saturated heterocycles. The third-order valence-corrected chi connectivity index (χ3v) is 3.05. The van der Waals surface area contributed by atoms with Crippen molar-refractivity contribution in [2.45, 2.75) is 6.92 Å². The molecule has 0 saturated carbocycles. The fourth-order valence-electron chi connectivity index (χ4n) is 1.40. The molecule has 2 rings (SSSR count). The van der Waals surface area contributed by atoms with E-state index in [1.165, 1.54) is 4.68 Å². The van der Waals surface area contributed by atoms with Crippen LogP contribution in [0.4, 0.5) is 0 Å². The molecule has 1 N–H and O–H groups in total. The zero-order valence-corrected chi connectivity index (χ0v) is 11.0. The van der Waals surface area contributed by atoms with Crippen LogP contribution in [0.5, 0.6) is 0 Å². The minimum Gasteiger partial charge on any atom is -0.476 e. The second-order valence-corrected chi connectivity index (χ2v) is 4.66. The minimum atomic E-state index is -1.11. The van der Waals surface area contributed by atoms with Crippen molar-refractivity contribution in [3.8, 4) is 5.69 Å². The van der Waals surface area contributed by atoms with Gasteiger partial charge in [0.25, 0.3) is 0 Å². The van der Waals surface area contributed by atoms with Gasteiger partial charge in [-0.2, -0.15) is 0 Å². The number of hydrogen-bond acceptors (Lipinski definition) is 3. The highest BCUT2D eigenvalue weighted by atomic mass is 79.9. The fourth-order valence-corrected chi connectivity index (χ4v) is 1.95. The van der Waals surface area contributed by atoms with Crippen molar-refractivity contribution < 1.29 is 9.90 Å². The van der Waals surface area contributed by atoms with E-state index in [1.807, 2.05) is 0 Å². The molecule has 5 nitrogen and oxygen atoms in total. The number of aromatic nitrogens is 3. The van der Waals surface area contributed by atoms with Crippen molar-refractivity contribution in [3.63, 3.8) is 0 Å². The van der Waals surface area contributed by atoms with E-state index in [9.17, 15) is 4.79 Å². The first-order valence-electron chi connectivity index (χ1n) is 4.61. The molecule has 0 fully saturated rings. The Morgan fingerprint density at radius 1 is 1.53 bits per heavy atom. The van der Waals surface area contributed by atoms with Crippen molar-refractivity contribution >= 4 is 33.5 Å². The highest BCUT2D eigenvalue weighted by Gasteiger charge is 2.17. The Kier molecular flexibility index (Phi) is 3.17. The topological polar surface area (TPSA) is 68.0 Å². The molecule has 0 radical (unpaired) electrons. The normalized spacial score (nSPS) is 10.5. The third-order valence-electron chi connectivity index (χ3n) is 2.23. The van der Waals surface area contributed by atoms with Crippen molar-refractivity contribution in [2.75, 3.05) is 0 Å². The second-order valence-electron chi connectivity index (χ2n) is 3.34. The number of carboxylic acids is 1. The lowest BCUT2D eigenvalue weighted by Gasteiger charge is -2.06. The van der Waals surface area contributed by atoms with Gasteiger partial charge in [0.05, 0.1) is 16.4 Å². The lowest BCUT2D eigenvalue weighted by molar-refractivity contribution is 0.0689. The molecule has 7 heteroatoms. The quantitative estimate of drug-likeness (QED) is 0.925. The van der Waals surface area contributed by atoms with E-state index in [0.717, 1.165) is 4.47 Å². The highest BCUT2D eigenvalue weighted by molar-refractivity contribution is 9.10. The summed E-state index contributed by atoms with van der Waals surface area (Å²) in [4.78, 5) is 10.9. The maximum absolute atomic E-state index is 10.9. The zero-order chi connectivity index (χ0) is 12.6. The average Bonchev–Trinajstić information content (AvgIpc) is 2.64. The smallest absolute Gasteiger partial charge is 0.358 e. The molecule has 17 heavy (non-hydrogen) atoms. The maximum atomic E-state index is 10.9. The molecule has 0 spiro atoms. The van der Waals surface area contributed by atoms with E-state index in [-0.39, 0.29) is 5.69 Å². The predicted molar refractivity (Wildman–Crippen MR) is 65.8 cm³/mol. The summed E-state index contributed by atoms with van der Waals surface area (Å²) in [5.74, 6) is -1.11. The van der Waals surface area contributed by atoms with Gasteiger partial charge in [-0.3, -0.25) is 0 Å². The van der Waals surface area contributed by atoms with Crippen LogP contribution in [0.2, 0.25) is 5.02 Å². The molecule has 0 atom stereocenters. The number of carbonyl (C=O) groups is 1. The molecule has 88 valence electrons. The van der Waals surface area contributed by atoms with Gasteiger partial charge in [-0.15, -0.1) is 5.10 Å². The summed E-state index contributed by atoms with van der Waals surface area (Å²) >= 11 is 9.35. The number of halogens is 2. The lowest BCUT2D eigenvalue weighted by Crippen LogP contribution is -2.03. The SMILES string of the molecule is Cc1c(C(=O)O)nnn1-c1cc(Br)ccc1Cl. The Hall–Kier alpha value is -1.40. The van der Waals surface area contributed by atoms with E-state index in [2.05, 4.69) is 26.2 Å². The average molecular weight is 317 g/mol. The summed E-state index contributed by atoms with van der Waals surface area (Å²) in [5.41, 5.74) is 0.928. The van der Waals surface area contributed by atoms with Gasteiger partial charge in [0.1, 0.15) is 0 Å². The number of carboxylic acid groups (broad SMARTS) is 1. The standard InChI is InChI=1S/C10H7BrClN3O2/c1-5-9(10(16)17)13-14-15(5)8-4-6(11)2-3-7(8)12/h2-4H,1H3,(H,16,17). The summed E-state index contributed by atoms with van der Waals surface area (Å²) in [7, 11) is 0. The second kappa shape index (κ2) is 4.46. The van der Waals surface area contributed by atoms with Crippen molar-refractivity contribution in [3.05, 3.63) is 39.1 Å². The Morgan fingerprint density at radius 2 is 2.24 bits per heavy atom. The Bertz CT molecular complexity index is 597. The summed E-state index contributed by atoms with van der Waals surface area (Å²) in [5, 5.41) is 16.8. The van der Waals surface area contributed by atoms with Gasteiger partial charge in [-0.25, -0.2) is 9.48 Å². The van der Waals surface area contributed by atoms with E-state index in [1.54, 1.807) is 25.1 Å². The first-order chi connectivity index (χ1) is 8.00. The molecule has 1 aromatic carbocycles. The molecule has 0 aliphatic heterocycles. The number of aromatic carboxylic acids is 1. The van der Waals surface area contributed by atoms with Crippen LogP contribution in [0.15, 0.2) is 22.7 Å². The number of rotatable bonds is 2. The fraction of sp³-hybridized carbons (Fsp3) is 0.100. The monoisotopic (exact) mass is 315 g/mol. The van der Waals surface area contributed by atoms with Gasteiger partial charge in [0.15, 0.2) is 5.69 Å². The summed E-state index contributed by atoms with van der Waals surface area (Å²) in [6.45, 7) is 1.63. The van der Waals surface area contributed by atoms with Crippen molar-refractivity contribution in [2.24, 2.45) is 0 Å². The minimum absolute atomic E-state index is 0.0824. The van der Waals surface area contributed by atoms with Gasteiger partial charge >= 0.3 is 5.97 Å². The van der Waals surface area contributed by atoms with Crippen LogP contribution < -0.4 is 0 Å². The molecule has 0 bridgehead atoms. The third kappa shape index (κ3) is 2.18. The molecular formula is C10H7BrClN3O2. The molecule has 2 aromatic rings. The molecule has 0 aliphatic carbocycles. The van der Waals surface area contributed by atoms with Crippen molar-refractivity contribution in [1.29, 1.82) is 0 Å². The summed E-state index contributed by atoms with van der Waals surface area (Å²) < 4.78 is 2.22. The Labute approximate surface area is 110 Å². The van der Waals surface area contributed by atoms with Crippen LogP contribution in [0.25, 0.3) is 5.69 Å². The largest absolute Gasteiger partial charge is 0.476 e. The lowest BCUT2D eigenvalue weighted by atomic mass is 10.3. The van der Waals surface area contributed by atoms with Crippen LogP contribution in [0.1, 0.15) is 16.2 Å². The highest BCUT2D eigenvalue weighted by Crippen LogP contribution is 2.25. The van der Waals surface area contributed by atoms with Crippen LogP contribution in [-0.2, 0) is 0 Å². The van der Waals surface area contributed by atoms with E-state index < -0.39 is 5.97 Å². The summed E-state index contributed by atoms with van der Waals surface area (Å²) in [6.07, 6.45) is 0. The van der Waals surface area contributed by atoms with Gasteiger partial charge in [0.2, 0.25) is 0 Å². The van der Waals surface area contributed by atoms with E-state index in [0.29, 0.717) is 16.4 Å². The van der Waals surface area contributed by atoms with Crippen LogP contribution >= 0.6 is 27.5 Å². The van der Waals surface area contributed by atoms with Gasteiger partial charge in [-0.05, 0) is 25.1 Å².